The number of nitrogens with one attached hydrogen (secondary N) is 1. The van der Waals surface area contributed by atoms with Crippen LogP contribution in [0.3, 0.4) is 0 Å². The molecule has 2 aliphatic heterocycles. The summed E-state index contributed by atoms with van der Waals surface area (Å²) in [5.41, 5.74) is -0.562. The molecular weight excluding hydrogens is 536 g/mol. The fraction of sp³-hybridized carbons (Fsp3) is 0.500. The van der Waals surface area contributed by atoms with E-state index in [1.165, 1.54) is 21.1 Å². The van der Waals surface area contributed by atoms with E-state index in [9.17, 15) is 14.7 Å². The highest BCUT2D eigenvalue weighted by Gasteiger charge is 2.66. The maximum atomic E-state index is 15.3. The summed E-state index contributed by atoms with van der Waals surface area (Å²) >= 11 is 6.43. The number of carboxylic acids is 1. The molecule has 2 aromatic rings. The van der Waals surface area contributed by atoms with Crippen molar-refractivity contribution in [2.45, 2.75) is 52.9 Å². The minimum absolute atomic E-state index is 0.0523. The third-order valence-electron chi connectivity index (χ3n) is 8.05. The first-order valence-electron chi connectivity index (χ1n) is 13.3. The number of Topliss-reactive ketones (excluding diaryl/α,β-unsaturated/α-hetero) is 1. The molecule has 0 aliphatic carbocycles. The number of carbonyl (C=O) groups excluding carboxylic acids is 2. The Hall–Kier alpha value is -2.98. The van der Waals surface area contributed by atoms with Crippen molar-refractivity contribution in [1.82, 2.24) is 9.80 Å². The molecule has 0 radical (unpaired) electrons. The van der Waals surface area contributed by atoms with Crippen LogP contribution < -0.4 is 19.3 Å². The molecule has 0 bridgehead atoms. The van der Waals surface area contributed by atoms with Gasteiger partial charge in [0.2, 0.25) is 6.10 Å². The van der Waals surface area contributed by atoms with E-state index in [2.05, 4.69) is 5.32 Å². The number of quaternary nitrogens is 1. The number of methoxy groups -OCH3 is 2. The topological polar surface area (TPSA) is 111 Å². The van der Waals surface area contributed by atoms with Crippen LogP contribution in [0.4, 0.5) is 5.69 Å². The Morgan fingerprint density at radius 3 is 2.50 bits per heavy atom. The molecule has 1 saturated heterocycles. The third kappa shape index (κ3) is 5.00. The van der Waals surface area contributed by atoms with Gasteiger partial charge >= 0.3 is 11.9 Å². The van der Waals surface area contributed by atoms with Gasteiger partial charge in [-0.15, -0.1) is 0 Å². The average Bonchev–Trinajstić information content (AvgIpc) is 3.01. The highest BCUT2D eigenvalue weighted by Crippen LogP contribution is 2.49. The van der Waals surface area contributed by atoms with Crippen molar-refractivity contribution in [1.29, 1.82) is 0 Å². The molecule has 216 valence electrons. The molecular formula is C30H38ClN2O7+. The van der Waals surface area contributed by atoms with Crippen LogP contribution in [0.15, 0.2) is 36.4 Å². The summed E-state index contributed by atoms with van der Waals surface area (Å²) in [6, 6.07) is 9.47. The number of carbonyl (C=O) groups is 3. The van der Waals surface area contributed by atoms with Gasteiger partial charge in [-0.25, -0.2) is 9.28 Å². The van der Waals surface area contributed by atoms with Crippen molar-refractivity contribution in [2.75, 3.05) is 33.9 Å². The number of benzene rings is 2. The lowest BCUT2D eigenvalue weighted by molar-refractivity contribution is -0.166. The molecule has 9 nitrogen and oxygen atoms in total. The molecule has 1 fully saturated rings. The van der Waals surface area contributed by atoms with Crippen LogP contribution in [0.5, 0.6) is 11.5 Å². The lowest BCUT2D eigenvalue weighted by Crippen LogP contribution is -2.75. The van der Waals surface area contributed by atoms with Crippen LogP contribution in [0.1, 0.15) is 51.3 Å². The zero-order valence-electron chi connectivity index (χ0n) is 23.9. The van der Waals surface area contributed by atoms with Gasteiger partial charge in [-0.3, -0.25) is 9.59 Å². The number of piperidine rings is 1. The van der Waals surface area contributed by atoms with E-state index in [1.807, 2.05) is 20.8 Å². The van der Waals surface area contributed by atoms with Crippen molar-refractivity contribution in [2.24, 2.45) is 10.8 Å². The average molecular weight is 574 g/mol. The van der Waals surface area contributed by atoms with Crippen molar-refractivity contribution in [3.8, 4) is 11.5 Å². The van der Waals surface area contributed by atoms with E-state index >= 15 is 4.79 Å². The van der Waals surface area contributed by atoms with Crippen LogP contribution in [-0.2, 0) is 25.7 Å². The molecule has 40 heavy (non-hydrogen) atoms. The standard InChI is InChI=1S/C30H37ClN2O7/c1-18(34)30(28(36)37)16-32-12-11-25(30)33(17-29(2,3)4)23-10-7-20(31)13-19(23)15-40-26(27(33)35)22-9-8-21(38-5)14-24(22)39-6/h7-10,13-14,25-26,32H,11-12,15-17H2,1-6H3/p+1/t25-,26?,30+,33?/m1/s1. The van der Waals surface area contributed by atoms with E-state index in [4.69, 9.17) is 25.8 Å². The molecule has 10 heteroatoms. The van der Waals surface area contributed by atoms with E-state index in [0.29, 0.717) is 39.9 Å². The van der Waals surface area contributed by atoms with Gasteiger partial charge < -0.3 is 24.6 Å². The zero-order chi connectivity index (χ0) is 29.5. The second kappa shape index (κ2) is 11.1. The largest absolute Gasteiger partial charge is 0.497 e. The highest BCUT2D eigenvalue weighted by molar-refractivity contribution is 6.30. The quantitative estimate of drug-likeness (QED) is 0.367. The Morgan fingerprint density at radius 2 is 1.90 bits per heavy atom. The number of halogens is 1. The Labute approximate surface area is 239 Å². The lowest BCUT2D eigenvalue weighted by atomic mass is 9.70. The van der Waals surface area contributed by atoms with Crippen LogP contribution in [0.2, 0.25) is 5.02 Å². The van der Waals surface area contributed by atoms with Gasteiger partial charge in [-0.05, 0) is 31.2 Å². The van der Waals surface area contributed by atoms with Crippen molar-refractivity contribution >= 4 is 34.9 Å². The van der Waals surface area contributed by atoms with E-state index in [-0.39, 0.29) is 36.5 Å². The number of fused-ring (bicyclic) bond motifs is 1. The molecule has 2 unspecified atom stereocenters. The molecule has 0 aromatic heterocycles. The first-order valence-corrected chi connectivity index (χ1v) is 13.7. The number of carboxylic acid groups (broad SMARTS) is 1. The van der Waals surface area contributed by atoms with Crippen molar-refractivity contribution in [3.63, 3.8) is 0 Å². The van der Waals surface area contributed by atoms with Crippen LogP contribution >= 0.6 is 11.6 Å². The normalized spacial score (nSPS) is 26.9. The van der Waals surface area contributed by atoms with Gasteiger partial charge in [-0.1, -0.05) is 32.4 Å². The molecule has 4 rings (SSSR count). The van der Waals surface area contributed by atoms with E-state index in [1.54, 1.807) is 36.4 Å². The van der Waals surface area contributed by atoms with Gasteiger partial charge in [-0.2, -0.15) is 0 Å². The molecule has 0 spiro atoms. The smallest absolute Gasteiger partial charge is 0.352 e. The Morgan fingerprint density at radius 1 is 1.18 bits per heavy atom. The molecule has 2 N–H and O–H groups in total. The predicted molar refractivity (Wildman–Crippen MR) is 152 cm³/mol. The predicted octanol–water partition coefficient (Wildman–Crippen LogP) is 4.53. The number of hydrogen-bond donors (Lipinski definition) is 2. The monoisotopic (exact) mass is 573 g/mol. The third-order valence-corrected chi connectivity index (χ3v) is 8.29. The summed E-state index contributed by atoms with van der Waals surface area (Å²) in [6.45, 7) is 7.95. The first-order chi connectivity index (χ1) is 18.8. The van der Waals surface area contributed by atoms with Gasteiger partial charge in [0.15, 0.2) is 11.2 Å². The van der Waals surface area contributed by atoms with Crippen LogP contribution in [0.25, 0.3) is 0 Å². The summed E-state index contributed by atoms with van der Waals surface area (Å²) in [7, 11) is 3.04. The second-order valence-electron chi connectivity index (χ2n) is 11.8. The Balaban J connectivity index is 2.09. The van der Waals surface area contributed by atoms with Gasteiger partial charge in [0.05, 0.1) is 27.4 Å². The van der Waals surface area contributed by atoms with Gasteiger partial charge in [0, 0.05) is 53.2 Å². The molecule has 4 atom stereocenters. The number of ketones is 1. The first kappa shape index (κ1) is 30.0. The molecule has 2 aliphatic rings. The minimum Gasteiger partial charge on any atom is -0.497 e. The highest BCUT2D eigenvalue weighted by atomic mass is 35.5. The number of ether oxygens (including phenoxy) is 3. The van der Waals surface area contributed by atoms with Crippen LogP contribution in [-0.4, -0.2) is 62.7 Å². The van der Waals surface area contributed by atoms with Gasteiger partial charge in [0.25, 0.3) is 0 Å². The zero-order valence-corrected chi connectivity index (χ0v) is 24.6. The molecule has 0 saturated carbocycles. The number of hydrogen-bond acceptors (Lipinski definition) is 7. The number of rotatable bonds is 7. The summed E-state index contributed by atoms with van der Waals surface area (Å²) < 4.78 is 17.0. The summed E-state index contributed by atoms with van der Waals surface area (Å²) in [5.74, 6) is -1.17. The molecule has 1 amide bonds. The fourth-order valence-corrected chi connectivity index (χ4v) is 6.64. The minimum atomic E-state index is -1.85. The lowest BCUT2D eigenvalue weighted by Gasteiger charge is -2.52. The summed E-state index contributed by atoms with van der Waals surface area (Å²) in [4.78, 5) is 41.7. The maximum absolute atomic E-state index is 15.3. The number of amides is 1. The number of aliphatic carboxylic acids is 1. The SMILES string of the molecule is COc1ccc(C2OCc3cc(Cl)ccc3[N+](CC(C)(C)C)([C@@H]3CCNC[C@@]3(C(C)=O)C(=O)O)C2=O)c(OC)c1. The molecule has 2 heterocycles. The summed E-state index contributed by atoms with van der Waals surface area (Å²) in [5, 5.41) is 14.3. The van der Waals surface area contributed by atoms with Gasteiger partial charge in [0.1, 0.15) is 23.2 Å². The van der Waals surface area contributed by atoms with Crippen molar-refractivity contribution in [3.05, 3.63) is 52.5 Å². The molecule has 2 aromatic carbocycles. The Bertz CT molecular complexity index is 1310. The maximum Gasteiger partial charge on any atom is 0.352 e. The van der Waals surface area contributed by atoms with E-state index < -0.39 is 34.7 Å². The van der Waals surface area contributed by atoms with Crippen LogP contribution in [0, 0.1) is 10.8 Å². The Kier molecular flexibility index (Phi) is 8.34. The van der Waals surface area contributed by atoms with Crippen molar-refractivity contribution < 1.29 is 33.7 Å². The second-order valence-corrected chi connectivity index (χ2v) is 12.2. The number of nitrogens with zero attached hydrogens (tertiary/aromatic N) is 1. The van der Waals surface area contributed by atoms with E-state index in [0.717, 1.165) is 0 Å². The summed E-state index contributed by atoms with van der Waals surface area (Å²) in [6.07, 6.45) is -0.842. The fourth-order valence-electron chi connectivity index (χ4n) is 6.45.